The molecule has 0 radical (unpaired) electrons. The summed E-state index contributed by atoms with van der Waals surface area (Å²) in [5.74, 6) is -0.511. The molecule has 1 rings (SSSR count). The van der Waals surface area contributed by atoms with E-state index in [0.717, 1.165) is 5.56 Å². The second-order valence-electron chi connectivity index (χ2n) is 3.91. The normalized spacial score (nSPS) is 10.8. The van der Waals surface area contributed by atoms with Crippen LogP contribution in [0.3, 0.4) is 0 Å². The molecule has 0 aliphatic heterocycles. The highest BCUT2D eigenvalue weighted by molar-refractivity contribution is 6.30. The molecule has 1 aromatic carbocycles. The van der Waals surface area contributed by atoms with Gasteiger partial charge in [0.25, 0.3) is 0 Å². The van der Waals surface area contributed by atoms with Crippen molar-refractivity contribution < 1.29 is 19.1 Å². The molecule has 20 heavy (non-hydrogen) atoms. The van der Waals surface area contributed by atoms with Crippen LogP contribution in [0.5, 0.6) is 0 Å². The quantitative estimate of drug-likeness (QED) is 0.670. The third kappa shape index (κ3) is 6.24. The molecule has 1 N–H and O–H groups in total. The van der Waals surface area contributed by atoms with E-state index in [4.69, 9.17) is 21.1 Å². The van der Waals surface area contributed by atoms with Crippen molar-refractivity contribution in [1.82, 2.24) is 5.32 Å². The van der Waals surface area contributed by atoms with E-state index >= 15 is 0 Å². The SMILES string of the molecule is CCOC(=O)/C=C(/C)NC(=O)OCc1ccc(Cl)cc1. The van der Waals surface area contributed by atoms with Gasteiger partial charge in [-0.1, -0.05) is 23.7 Å². The summed E-state index contributed by atoms with van der Waals surface area (Å²) in [6, 6.07) is 6.95. The first kappa shape index (κ1) is 16.0. The topological polar surface area (TPSA) is 64.6 Å². The fourth-order valence-corrected chi connectivity index (χ4v) is 1.45. The summed E-state index contributed by atoms with van der Waals surface area (Å²) in [6.45, 7) is 3.68. The summed E-state index contributed by atoms with van der Waals surface area (Å²) < 4.78 is 9.71. The van der Waals surface area contributed by atoms with Gasteiger partial charge in [-0.15, -0.1) is 0 Å². The predicted octanol–water partition coefficient (Wildman–Crippen LogP) is 3.03. The number of allylic oxidation sites excluding steroid dienone is 1. The van der Waals surface area contributed by atoms with Crippen LogP contribution >= 0.6 is 11.6 Å². The fraction of sp³-hybridized carbons (Fsp3) is 0.286. The molecule has 108 valence electrons. The van der Waals surface area contributed by atoms with Crippen molar-refractivity contribution in [2.24, 2.45) is 0 Å². The monoisotopic (exact) mass is 297 g/mol. The number of nitrogens with one attached hydrogen (secondary N) is 1. The minimum atomic E-state index is -0.641. The Morgan fingerprint density at radius 2 is 1.90 bits per heavy atom. The van der Waals surface area contributed by atoms with Crippen molar-refractivity contribution in [3.05, 3.63) is 46.6 Å². The first-order valence-electron chi connectivity index (χ1n) is 6.04. The number of amides is 1. The molecule has 1 aromatic rings. The summed E-state index contributed by atoms with van der Waals surface area (Å²) >= 11 is 5.75. The molecule has 0 fully saturated rings. The van der Waals surface area contributed by atoms with Crippen molar-refractivity contribution in [2.75, 3.05) is 6.61 Å². The molecule has 0 saturated carbocycles. The molecule has 0 spiro atoms. The zero-order chi connectivity index (χ0) is 15.0. The molecule has 0 aliphatic carbocycles. The van der Waals surface area contributed by atoms with Crippen molar-refractivity contribution in [3.8, 4) is 0 Å². The Morgan fingerprint density at radius 1 is 1.25 bits per heavy atom. The molecule has 0 aromatic heterocycles. The van der Waals surface area contributed by atoms with Crippen LogP contribution in [0.4, 0.5) is 4.79 Å². The summed E-state index contributed by atoms with van der Waals surface area (Å²) in [5.41, 5.74) is 1.17. The van der Waals surface area contributed by atoms with Crippen LogP contribution in [0, 0.1) is 0 Å². The van der Waals surface area contributed by atoms with Crippen LogP contribution in [-0.2, 0) is 20.9 Å². The third-order valence-corrected chi connectivity index (χ3v) is 2.46. The molecule has 6 heteroatoms. The van der Waals surface area contributed by atoms with Gasteiger partial charge in [-0.05, 0) is 31.5 Å². The zero-order valence-corrected chi connectivity index (χ0v) is 12.1. The number of rotatable bonds is 5. The molecule has 0 unspecified atom stereocenters. The Hall–Kier alpha value is -2.01. The van der Waals surface area contributed by atoms with E-state index in [1.54, 1.807) is 38.1 Å². The number of halogens is 1. The van der Waals surface area contributed by atoms with Crippen molar-refractivity contribution >= 4 is 23.7 Å². The first-order chi connectivity index (χ1) is 9.51. The minimum Gasteiger partial charge on any atom is -0.463 e. The lowest BCUT2D eigenvalue weighted by Crippen LogP contribution is -2.23. The number of alkyl carbamates (subject to hydrolysis) is 1. The van der Waals surface area contributed by atoms with Crippen LogP contribution < -0.4 is 5.32 Å². The standard InChI is InChI=1S/C14H16ClNO4/c1-3-19-13(17)8-10(2)16-14(18)20-9-11-4-6-12(15)7-5-11/h4-8H,3,9H2,1-2H3,(H,16,18)/b10-8-. The third-order valence-electron chi connectivity index (χ3n) is 2.20. The summed E-state index contributed by atoms with van der Waals surface area (Å²) in [4.78, 5) is 22.6. The van der Waals surface area contributed by atoms with Gasteiger partial charge < -0.3 is 9.47 Å². The van der Waals surface area contributed by atoms with Gasteiger partial charge in [-0.3, -0.25) is 5.32 Å². The Labute approximate surface area is 122 Å². The molecule has 0 aliphatic rings. The number of carbonyl (C=O) groups is 2. The van der Waals surface area contributed by atoms with Gasteiger partial charge >= 0.3 is 12.1 Å². The van der Waals surface area contributed by atoms with Gasteiger partial charge in [0.1, 0.15) is 6.61 Å². The number of hydrogen-bond acceptors (Lipinski definition) is 4. The van der Waals surface area contributed by atoms with Gasteiger partial charge in [0, 0.05) is 16.8 Å². The van der Waals surface area contributed by atoms with E-state index in [1.165, 1.54) is 6.08 Å². The maximum Gasteiger partial charge on any atom is 0.411 e. The predicted molar refractivity (Wildman–Crippen MR) is 75.2 cm³/mol. The number of hydrogen-bond donors (Lipinski definition) is 1. The lowest BCUT2D eigenvalue weighted by molar-refractivity contribution is -0.137. The minimum absolute atomic E-state index is 0.121. The summed E-state index contributed by atoms with van der Waals surface area (Å²) in [7, 11) is 0. The number of esters is 1. The molecule has 0 heterocycles. The van der Waals surface area contributed by atoms with E-state index in [9.17, 15) is 9.59 Å². The van der Waals surface area contributed by atoms with Gasteiger partial charge in [0.15, 0.2) is 0 Å². The molecular formula is C14H16ClNO4. The van der Waals surface area contributed by atoms with Gasteiger partial charge in [-0.2, -0.15) is 0 Å². The van der Waals surface area contributed by atoms with Crippen LogP contribution in [0.25, 0.3) is 0 Å². The Morgan fingerprint density at radius 3 is 2.50 bits per heavy atom. The average Bonchev–Trinajstić information content (AvgIpc) is 2.38. The summed E-state index contributed by atoms with van der Waals surface area (Å²) in [6.07, 6.45) is 0.547. The number of ether oxygens (including phenoxy) is 2. The van der Waals surface area contributed by atoms with E-state index < -0.39 is 12.1 Å². The van der Waals surface area contributed by atoms with Crippen LogP contribution in [0.2, 0.25) is 5.02 Å². The van der Waals surface area contributed by atoms with Gasteiger partial charge in [-0.25, -0.2) is 9.59 Å². The first-order valence-corrected chi connectivity index (χ1v) is 6.42. The lowest BCUT2D eigenvalue weighted by atomic mass is 10.2. The fourth-order valence-electron chi connectivity index (χ4n) is 1.32. The van der Waals surface area contributed by atoms with Crippen molar-refractivity contribution in [1.29, 1.82) is 0 Å². The maximum absolute atomic E-state index is 11.5. The van der Waals surface area contributed by atoms with Gasteiger partial charge in [0.05, 0.1) is 6.61 Å². The van der Waals surface area contributed by atoms with Crippen molar-refractivity contribution in [2.45, 2.75) is 20.5 Å². The largest absolute Gasteiger partial charge is 0.463 e. The van der Waals surface area contributed by atoms with E-state index in [-0.39, 0.29) is 13.2 Å². The van der Waals surface area contributed by atoms with Crippen LogP contribution in [0.1, 0.15) is 19.4 Å². The molecule has 1 amide bonds. The van der Waals surface area contributed by atoms with Crippen molar-refractivity contribution in [3.63, 3.8) is 0 Å². The van der Waals surface area contributed by atoms with E-state index in [1.807, 2.05) is 0 Å². The molecule has 0 saturated heterocycles. The molecular weight excluding hydrogens is 282 g/mol. The van der Waals surface area contributed by atoms with E-state index in [2.05, 4.69) is 5.32 Å². The molecule has 0 atom stereocenters. The van der Waals surface area contributed by atoms with Crippen LogP contribution in [-0.4, -0.2) is 18.7 Å². The molecule has 0 bridgehead atoms. The maximum atomic E-state index is 11.5. The Bertz CT molecular complexity index is 496. The average molecular weight is 298 g/mol. The van der Waals surface area contributed by atoms with E-state index in [0.29, 0.717) is 10.7 Å². The second kappa shape index (κ2) is 8.22. The Balaban J connectivity index is 2.40. The van der Waals surface area contributed by atoms with Crippen LogP contribution in [0.15, 0.2) is 36.0 Å². The lowest BCUT2D eigenvalue weighted by Gasteiger charge is -2.07. The van der Waals surface area contributed by atoms with Gasteiger partial charge in [0.2, 0.25) is 0 Å². The highest BCUT2D eigenvalue weighted by atomic mass is 35.5. The highest BCUT2D eigenvalue weighted by Gasteiger charge is 2.05. The summed E-state index contributed by atoms with van der Waals surface area (Å²) in [5, 5.41) is 3.04. The number of carbonyl (C=O) groups excluding carboxylic acids is 2. The smallest absolute Gasteiger partial charge is 0.411 e. The highest BCUT2D eigenvalue weighted by Crippen LogP contribution is 2.10. The second-order valence-corrected chi connectivity index (χ2v) is 4.34. The zero-order valence-electron chi connectivity index (χ0n) is 11.3. The number of benzene rings is 1. The Kier molecular flexibility index (Phi) is 6.59. The molecule has 5 nitrogen and oxygen atoms in total.